The van der Waals surface area contributed by atoms with E-state index in [-0.39, 0.29) is 23.1 Å². The van der Waals surface area contributed by atoms with E-state index in [0.29, 0.717) is 22.6 Å². The Morgan fingerprint density at radius 1 is 0.721 bits per heavy atom. The third-order valence-corrected chi connectivity index (χ3v) is 7.11. The molecule has 0 saturated carbocycles. The summed E-state index contributed by atoms with van der Waals surface area (Å²) in [5.41, 5.74) is 2.03. The lowest BCUT2D eigenvalue weighted by atomic mass is 10.1. The van der Waals surface area contributed by atoms with Crippen molar-refractivity contribution >= 4 is 58.5 Å². The number of hydrogen-bond donors (Lipinski definition) is 4. The van der Waals surface area contributed by atoms with Gasteiger partial charge in [0, 0.05) is 40.0 Å². The first-order valence-electron chi connectivity index (χ1n) is 13.3. The van der Waals surface area contributed by atoms with Crippen LogP contribution >= 0.6 is 11.8 Å². The SMILES string of the molecule is CC(=O)Nc1ccc(NC(=O)C(C)Sc2ccc(NC(=O)/C(=C/c3ccccc3F)NC(=O)c3ccccc3)cc2)cc1. The van der Waals surface area contributed by atoms with Gasteiger partial charge in [-0.05, 0) is 79.7 Å². The number of rotatable bonds is 10. The number of carbonyl (C=O) groups is 4. The summed E-state index contributed by atoms with van der Waals surface area (Å²) < 4.78 is 14.4. The van der Waals surface area contributed by atoms with Gasteiger partial charge >= 0.3 is 0 Å². The van der Waals surface area contributed by atoms with Crippen molar-refractivity contribution in [2.75, 3.05) is 16.0 Å². The zero-order valence-electron chi connectivity index (χ0n) is 23.4. The molecule has 0 saturated heterocycles. The molecule has 0 fully saturated rings. The Bertz CT molecular complexity index is 1640. The van der Waals surface area contributed by atoms with Crippen LogP contribution in [-0.4, -0.2) is 28.9 Å². The predicted octanol–water partition coefficient (Wildman–Crippen LogP) is 6.31. The number of nitrogens with one attached hydrogen (secondary N) is 4. The van der Waals surface area contributed by atoms with E-state index < -0.39 is 22.9 Å². The second kappa shape index (κ2) is 14.6. The van der Waals surface area contributed by atoms with Crippen molar-refractivity contribution in [3.8, 4) is 0 Å². The van der Waals surface area contributed by atoms with Gasteiger partial charge in [0.15, 0.2) is 0 Å². The highest BCUT2D eigenvalue weighted by molar-refractivity contribution is 8.00. The van der Waals surface area contributed by atoms with Crippen LogP contribution in [-0.2, 0) is 14.4 Å². The molecular formula is C33H29FN4O4S. The van der Waals surface area contributed by atoms with Crippen LogP contribution in [0.4, 0.5) is 21.5 Å². The second-order valence-corrected chi connectivity index (χ2v) is 10.8. The molecule has 0 bridgehead atoms. The van der Waals surface area contributed by atoms with Gasteiger partial charge in [-0.25, -0.2) is 4.39 Å². The monoisotopic (exact) mass is 596 g/mol. The quantitative estimate of drug-likeness (QED) is 0.126. The molecule has 1 atom stereocenters. The number of amides is 4. The lowest BCUT2D eigenvalue weighted by Crippen LogP contribution is -2.30. The van der Waals surface area contributed by atoms with Crippen LogP contribution in [0.3, 0.4) is 0 Å². The Labute approximate surface area is 252 Å². The summed E-state index contributed by atoms with van der Waals surface area (Å²) in [6.45, 7) is 3.20. The topological polar surface area (TPSA) is 116 Å². The molecule has 0 aliphatic rings. The molecule has 10 heteroatoms. The third-order valence-electron chi connectivity index (χ3n) is 6.00. The molecule has 4 aromatic carbocycles. The van der Waals surface area contributed by atoms with Crippen LogP contribution < -0.4 is 21.3 Å². The highest BCUT2D eigenvalue weighted by Crippen LogP contribution is 2.26. The van der Waals surface area contributed by atoms with E-state index in [1.54, 1.807) is 91.9 Å². The van der Waals surface area contributed by atoms with Crippen LogP contribution in [0, 0.1) is 5.82 Å². The molecule has 8 nitrogen and oxygen atoms in total. The van der Waals surface area contributed by atoms with Crippen LogP contribution in [0.15, 0.2) is 114 Å². The predicted molar refractivity (Wildman–Crippen MR) is 168 cm³/mol. The Balaban J connectivity index is 1.40. The molecule has 4 aromatic rings. The lowest BCUT2D eigenvalue weighted by molar-refractivity contribution is -0.115. The molecule has 1 unspecified atom stereocenters. The molecule has 4 N–H and O–H groups in total. The summed E-state index contributed by atoms with van der Waals surface area (Å²) in [6, 6.07) is 28.0. The van der Waals surface area contributed by atoms with Crippen molar-refractivity contribution in [1.82, 2.24) is 5.32 Å². The number of hydrogen-bond acceptors (Lipinski definition) is 5. The van der Waals surface area contributed by atoms with Crippen molar-refractivity contribution in [2.24, 2.45) is 0 Å². The molecule has 0 aliphatic carbocycles. The Kier molecular flexibility index (Phi) is 10.4. The maximum Gasteiger partial charge on any atom is 0.272 e. The molecule has 4 rings (SSSR count). The van der Waals surface area contributed by atoms with Gasteiger partial charge in [0.05, 0.1) is 5.25 Å². The number of carbonyl (C=O) groups excluding carboxylic acids is 4. The standard InChI is InChI=1S/C33H29FN4O4S/c1-21(31(40)36-26-14-12-25(13-15-26)35-22(2)39)43-28-18-16-27(17-19-28)37-33(42)30(20-24-10-6-7-11-29(24)34)38-32(41)23-8-4-3-5-9-23/h3-21H,1-2H3,(H,35,39)(H,36,40)(H,37,42)(H,38,41)/b30-20-. The van der Waals surface area contributed by atoms with Gasteiger partial charge < -0.3 is 21.3 Å². The van der Waals surface area contributed by atoms with E-state index >= 15 is 0 Å². The first-order valence-corrected chi connectivity index (χ1v) is 14.1. The molecule has 0 aliphatic heterocycles. The van der Waals surface area contributed by atoms with Gasteiger partial charge in [-0.15, -0.1) is 11.8 Å². The average Bonchev–Trinajstić information content (AvgIpc) is 3.00. The fourth-order valence-corrected chi connectivity index (χ4v) is 4.71. The van der Waals surface area contributed by atoms with Gasteiger partial charge in [-0.2, -0.15) is 0 Å². The van der Waals surface area contributed by atoms with E-state index in [9.17, 15) is 23.6 Å². The first kappa shape index (κ1) is 30.7. The smallest absolute Gasteiger partial charge is 0.272 e. The zero-order chi connectivity index (χ0) is 30.8. The lowest BCUT2D eigenvalue weighted by Gasteiger charge is -2.14. The minimum atomic E-state index is -0.634. The van der Waals surface area contributed by atoms with E-state index in [4.69, 9.17) is 0 Å². The fraction of sp³-hybridized carbons (Fsp3) is 0.0909. The van der Waals surface area contributed by atoms with Crippen molar-refractivity contribution in [3.05, 3.63) is 126 Å². The summed E-state index contributed by atoms with van der Waals surface area (Å²) in [6.07, 6.45) is 1.28. The molecule has 0 radical (unpaired) electrons. The highest BCUT2D eigenvalue weighted by Gasteiger charge is 2.17. The van der Waals surface area contributed by atoms with E-state index in [2.05, 4.69) is 21.3 Å². The van der Waals surface area contributed by atoms with E-state index in [1.807, 2.05) is 0 Å². The van der Waals surface area contributed by atoms with Crippen molar-refractivity contribution in [1.29, 1.82) is 0 Å². The van der Waals surface area contributed by atoms with Gasteiger partial charge in [0.1, 0.15) is 11.5 Å². The normalized spacial score (nSPS) is 11.7. The molecule has 4 amide bonds. The number of halogens is 1. The van der Waals surface area contributed by atoms with Crippen molar-refractivity contribution in [2.45, 2.75) is 24.0 Å². The molecule has 0 spiro atoms. The molecule has 218 valence electrons. The Morgan fingerprint density at radius 2 is 1.28 bits per heavy atom. The number of thioether (sulfide) groups is 1. The number of benzene rings is 4. The van der Waals surface area contributed by atoms with Crippen LogP contribution in [0.1, 0.15) is 29.8 Å². The largest absolute Gasteiger partial charge is 0.326 e. The third kappa shape index (κ3) is 9.14. The molecule has 0 aromatic heterocycles. The minimum absolute atomic E-state index is 0.132. The Hall–Kier alpha value is -5.22. The van der Waals surface area contributed by atoms with Crippen LogP contribution in [0.2, 0.25) is 0 Å². The summed E-state index contributed by atoms with van der Waals surface area (Å²) in [4.78, 5) is 50.7. The minimum Gasteiger partial charge on any atom is -0.326 e. The maximum absolute atomic E-state index is 14.4. The number of anilines is 3. The second-order valence-electron chi connectivity index (χ2n) is 9.39. The summed E-state index contributed by atoms with van der Waals surface area (Å²) in [5, 5.41) is 10.4. The summed E-state index contributed by atoms with van der Waals surface area (Å²) in [5.74, 6) is -2.07. The van der Waals surface area contributed by atoms with E-state index in [1.165, 1.54) is 43.0 Å². The zero-order valence-corrected chi connectivity index (χ0v) is 24.2. The maximum atomic E-state index is 14.4. The summed E-state index contributed by atoms with van der Waals surface area (Å²) in [7, 11) is 0. The fourth-order valence-electron chi connectivity index (χ4n) is 3.85. The molecule has 43 heavy (non-hydrogen) atoms. The van der Waals surface area contributed by atoms with Gasteiger partial charge in [0.25, 0.3) is 11.8 Å². The molecule has 0 heterocycles. The summed E-state index contributed by atoms with van der Waals surface area (Å²) >= 11 is 1.33. The Morgan fingerprint density at radius 3 is 1.91 bits per heavy atom. The van der Waals surface area contributed by atoms with E-state index in [0.717, 1.165) is 4.90 Å². The first-order chi connectivity index (χ1) is 20.7. The highest BCUT2D eigenvalue weighted by atomic mass is 32.2. The van der Waals surface area contributed by atoms with Gasteiger partial charge in [-0.1, -0.05) is 36.4 Å². The van der Waals surface area contributed by atoms with Crippen molar-refractivity contribution < 1.29 is 23.6 Å². The van der Waals surface area contributed by atoms with Gasteiger partial charge in [-0.3, -0.25) is 19.2 Å². The van der Waals surface area contributed by atoms with Crippen LogP contribution in [0.25, 0.3) is 6.08 Å². The van der Waals surface area contributed by atoms with Gasteiger partial charge in [0.2, 0.25) is 11.8 Å². The van der Waals surface area contributed by atoms with Crippen molar-refractivity contribution in [3.63, 3.8) is 0 Å². The van der Waals surface area contributed by atoms with Crippen LogP contribution in [0.5, 0.6) is 0 Å². The molecular weight excluding hydrogens is 567 g/mol. The average molecular weight is 597 g/mol.